The van der Waals surface area contributed by atoms with Gasteiger partial charge in [-0.2, -0.15) is 0 Å². The zero-order valence-corrected chi connectivity index (χ0v) is 14.4. The molecule has 0 saturated carbocycles. The Morgan fingerprint density at radius 2 is 2.00 bits per heavy atom. The summed E-state index contributed by atoms with van der Waals surface area (Å²) in [5.41, 5.74) is 0.436. The second-order valence-electron chi connectivity index (χ2n) is 5.17. The highest BCUT2D eigenvalue weighted by Crippen LogP contribution is 2.21. The zero-order valence-electron chi connectivity index (χ0n) is 12.0. The molecule has 0 bridgehead atoms. The van der Waals surface area contributed by atoms with Crippen molar-refractivity contribution < 1.29 is 14.7 Å². The van der Waals surface area contributed by atoms with Crippen LogP contribution in [0.25, 0.3) is 0 Å². The van der Waals surface area contributed by atoms with E-state index in [4.69, 9.17) is 16.7 Å². The summed E-state index contributed by atoms with van der Waals surface area (Å²) in [6.45, 7) is 3.59. The largest absolute Gasteiger partial charge is 0.481 e. The molecule has 0 aliphatic heterocycles. The van der Waals surface area contributed by atoms with Crippen molar-refractivity contribution in [3.8, 4) is 0 Å². The van der Waals surface area contributed by atoms with Crippen LogP contribution in [0.1, 0.15) is 43.5 Å². The lowest BCUT2D eigenvalue weighted by Gasteiger charge is -2.15. The second kappa shape index (κ2) is 8.39. The van der Waals surface area contributed by atoms with Crippen molar-refractivity contribution in [1.82, 2.24) is 5.32 Å². The van der Waals surface area contributed by atoms with Crippen LogP contribution in [0, 0.1) is 5.92 Å². The molecule has 0 aromatic heterocycles. The normalized spacial score (nSPS) is 13.5. The standard InChI is InChI=1S/C15H19BrClNO3/c1-9(15(20)21)4-3-5-10(2)18-14(19)12-7-6-11(16)8-13(12)17/h6-10H,3-5H2,1-2H3,(H,18,19)(H,20,21). The molecule has 116 valence electrons. The first-order valence-corrected chi connectivity index (χ1v) is 7.97. The fourth-order valence-corrected chi connectivity index (χ4v) is 2.66. The van der Waals surface area contributed by atoms with Crippen LogP contribution in [0.15, 0.2) is 22.7 Å². The number of halogens is 2. The third kappa shape index (κ3) is 6.06. The smallest absolute Gasteiger partial charge is 0.306 e. The number of rotatable bonds is 7. The van der Waals surface area contributed by atoms with Gasteiger partial charge in [-0.3, -0.25) is 9.59 Å². The molecule has 1 aromatic carbocycles. The Kier molecular flexibility index (Phi) is 7.18. The van der Waals surface area contributed by atoms with E-state index in [1.807, 2.05) is 6.92 Å². The highest BCUT2D eigenvalue weighted by Gasteiger charge is 2.15. The predicted octanol–water partition coefficient (Wildman–Crippen LogP) is 4.11. The molecule has 21 heavy (non-hydrogen) atoms. The fraction of sp³-hybridized carbons (Fsp3) is 0.467. The average Bonchev–Trinajstić information content (AvgIpc) is 2.37. The highest BCUT2D eigenvalue weighted by molar-refractivity contribution is 9.10. The van der Waals surface area contributed by atoms with Crippen molar-refractivity contribution in [2.45, 2.75) is 39.2 Å². The minimum Gasteiger partial charge on any atom is -0.481 e. The maximum Gasteiger partial charge on any atom is 0.306 e. The fourth-order valence-electron chi connectivity index (χ4n) is 1.90. The third-order valence-electron chi connectivity index (χ3n) is 3.25. The summed E-state index contributed by atoms with van der Waals surface area (Å²) in [5.74, 6) is -1.35. The van der Waals surface area contributed by atoms with Crippen molar-refractivity contribution in [2.24, 2.45) is 5.92 Å². The Bertz CT molecular complexity index is 522. The molecule has 0 aliphatic carbocycles. The number of hydrogen-bond donors (Lipinski definition) is 2. The lowest BCUT2D eigenvalue weighted by Crippen LogP contribution is -2.32. The van der Waals surface area contributed by atoms with E-state index in [9.17, 15) is 9.59 Å². The minimum absolute atomic E-state index is 0.0294. The molecule has 0 heterocycles. The van der Waals surface area contributed by atoms with Gasteiger partial charge in [-0.25, -0.2) is 0 Å². The third-order valence-corrected chi connectivity index (χ3v) is 4.06. The Morgan fingerprint density at radius 3 is 2.57 bits per heavy atom. The summed E-state index contributed by atoms with van der Waals surface area (Å²) in [6, 6.07) is 5.08. The van der Waals surface area contributed by atoms with E-state index in [1.54, 1.807) is 25.1 Å². The molecule has 2 N–H and O–H groups in total. The first-order chi connectivity index (χ1) is 9.81. The van der Waals surface area contributed by atoms with Gasteiger partial charge in [-0.05, 0) is 38.0 Å². The SMILES string of the molecule is CC(CCCC(C)C(=O)O)NC(=O)c1ccc(Br)cc1Cl. The van der Waals surface area contributed by atoms with Crippen molar-refractivity contribution in [3.63, 3.8) is 0 Å². The summed E-state index contributed by atoms with van der Waals surface area (Å²) in [4.78, 5) is 22.8. The van der Waals surface area contributed by atoms with E-state index in [-0.39, 0.29) is 17.9 Å². The van der Waals surface area contributed by atoms with Crippen LogP contribution in [0.3, 0.4) is 0 Å². The van der Waals surface area contributed by atoms with Gasteiger partial charge >= 0.3 is 5.97 Å². The molecule has 0 fully saturated rings. The van der Waals surface area contributed by atoms with Gasteiger partial charge in [0.05, 0.1) is 16.5 Å². The quantitative estimate of drug-likeness (QED) is 0.752. The Hall–Kier alpha value is -1.07. The number of amides is 1. The molecule has 0 saturated heterocycles. The lowest BCUT2D eigenvalue weighted by atomic mass is 10.0. The van der Waals surface area contributed by atoms with Crippen molar-refractivity contribution in [3.05, 3.63) is 33.3 Å². The number of hydrogen-bond acceptors (Lipinski definition) is 2. The topological polar surface area (TPSA) is 66.4 Å². The maximum absolute atomic E-state index is 12.1. The molecular formula is C15H19BrClNO3. The summed E-state index contributed by atoms with van der Waals surface area (Å²) < 4.78 is 0.819. The summed E-state index contributed by atoms with van der Waals surface area (Å²) in [6.07, 6.45) is 2.09. The molecule has 0 spiro atoms. The molecule has 1 amide bonds. The van der Waals surface area contributed by atoms with Crippen LogP contribution in [0.5, 0.6) is 0 Å². The van der Waals surface area contributed by atoms with Crippen LogP contribution < -0.4 is 5.32 Å². The van der Waals surface area contributed by atoms with E-state index in [0.717, 1.165) is 17.3 Å². The lowest BCUT2D eigenvalue weighted by molar-refractivity contribution is -0.141. The van der Waals surface area contributed by atoms with E-state index in [1.165, 1.54) is 0 Å². The van der Waals surface area contributed by atoms with E-state index in [2.05, 4.69) is 21.2 Å². The van der Waals surface area contributed by atoms with Crippen LogP contribution >= 0.6 is 27.5 Å². The molecule has 0 radical (unpaired) electrons. The molecule has 2 unspecified atom stereocenters. The van der Waals surface area contributed by atoms with Gasteiger partial charge in [0.2, 0.25) is 0 Å². The van der Waals surface area contributed by atoms with Gasteiger partial charge < -0.3 is 10.4 Å². The highest BCUT2D eigenvalue weighted by atomic mass is 79.9. The molecular weight excluding hydrogens is 358 g/mol. The van der Waals surface area contributed by atoms with Crippen LogP contribution in [-0.4, -0.2) is 23.0 Å². The average molecular weight is 377 g/mol. The number of carbonyl (C=O) groups excluding carboxylic acids is 1. The summed E-state index contributed by atoms with van der Waals surface area (Å²) >= 11 is 9.32. The van der Waals surface area contributed by atoms with Crippen LogP contribution in [0.2, 0.25) is 5.02 Å². The van der Waals surface area contributed by atoms with Crippen LogP contribution in [-0.2, 0) is 4.79 Å². The molecule has 0 aliphatic rings. The minimum atomic E-state index is -0.784. The summed E-state index contributed by atoms with van der Waals surface area (Å²) in [7, 11) is 0. The molecule has 6 heteroatoms. The van der Waals surface area contributed by atoms with Gasteiger partial charge in [-0.1, -0.05) is 40.9 Å². The van der Waals surface area contributed by atoms with Crippen LogP contribution in [0.4, 0.5) is 0 Å². The number of carbonyl (C=O) groups is 2. The predicted molar refractivity (Wildman–Crippen MR) is 86.7 cm³/mol. The molecule has 1 aromatic rings. The number of benzene rings is 1. The number of carboxylic acids is 1. The molecule has 1 rings (SSSR count). The number of aliphatic carboxylic acids is 1. The van der Waals surface area contributed by atoms with Crippen molar-refractivity contribution in [1.29, 1.82) is 0 Å². The Morgan fingerprint density at radius 1 is 1.33 bits per heavy atom. The number of nitrogens with one attached hydrogen (secondary N) is 1. The van der Waals surface area contributed by atoms with E-state index in [0.29, 0.717) is 17.0 Å². The van der Waals surface area contributed by atoms with Gasteiger partial charge in [-0.15, -0.1) is 0 Å². The second-order valence-corrected chi connectivity index (χ2v) is 6.49. The van der Waals surface area contributed by atoms with Gasteiger partial charge in [0.15, 0.2) is 0 Å². The Balaban J connectivity index is 2.45. The van der Waals surface area contributed by atoms with E-state index >= 15 is 0 Å². The maximum atomic E-state index is 12.1. The van der Waals surface area contributed by atoms with Crippen molar-refractivity contribution >= 4 is 39.4 Å². The molecule has 4 nitrogen and oxygen atoms in total. The first kappa shape index (κ1) is 18.0. The monoisotopic (exact) mass is 375 g/mol. The first-order valence-electron chi connectivity index (χ1n) is 6.80. The van der Waals surface area contributed by atoms with Gasteiger partial charge in [0.25, 0.3) is 5.91 Å². The van der Waals surface area contributed by atoms with Gasteiger partial charge in [0.1, 0.15) is 0 Å². The zero-order chi connectivity index (χ0) is 16.0. The van der Waals surface area contributed by atoms with Gasteiger partial charge in [0, 0.05) is 10.5 Å². The Labute approximate surface area is 138 Å². The van der Waals surface area contributed by atoms with E-state index < -0.39 is 5.97 Å². The van der Waals surface area contributed by atoms with Crippen molar-refractivity contribution in [2.75, 3.05) is 0 Å². The number of carboxylic acid groups (broad SMARTS) is 1. The molecule has 2 atom stereocenters. The summed E-state index contributed by atoms with van der Waals surface area (Å²) in [5, 5.41) is 12.1.